The average Bonchev–Trinajstić information content (AvgIpc) is 2.58. The predicted molar refractivity (Wildman–Crippen MR) is 93.9 cm³/mol. The molecule has 5 nitrogen and oxygen atoms in total. The number of hydrogen-bond donors (Lipinski definition) is 2. The number of ether oxygens (including phenoxy) is 1. The first kappa shape index (κ1) is 21.2. The van der Waals surface area contributed by atoms with Crippen LogP contribution in [0, 0.1) is 0 Å². The molecule has 142 valence electrons. The van der Waals surface area contributed by atoms with Gasteiger partial charge in [-0.2, -0.15) is 13.2 Å². The van der Waals surface area contributed by atoms with Crippen LogP contribution in [0.3, 0.4) is 0 Å². The summed E-state index contributed by atoms with van der Waals surface area (Å²) in [7, 11) is 5.37. The Kier molecular flexibility index (Phi) is 9.30. The number of rotatable bonds is 9. The van der Waals surface area contributed by atoms with Crippen molar-refractivity contribution in [2.45, 2.75) is 12.6 Å². The number of benzene rings is 1. The predicted octanol–water partition coefficient (Wildman–Crippen LogP) is 1.99. The van der Waals surface area contributed by atoms with Crippen LogP contribution < -0.4 is 10.6 Å². The molecule has 0 unspecified atom stereocenters. The third-order valence-corrected chi connectivity index (χ3v) is 3.67. The Morgan fingerprint density at radius 3 is 2.32 bits per heavy atom. The quantitative estimate of drug-likeness (QED) is 0.522. The van der Waals surface area contributed by atoms with Gasteiger partial charge in [-0.05, 0) is 31.2 Å². The summed E-state index contributed by atoms with van der Waals surface area (Å²) < 4.78 is 42.6. The van der Waals surface area contributed by atoms with Crippen LogP contribution in [0.2, 0.25) is 0 Å². The van der Waals surface area contributed by atoms with E-state index in [1.54, 1.807) is 14.2 Å². The molecule has 0 amide bonds. The molecule has 0 atom stereocenters. The Hall–Kier alpha value is -1.80. The van der Waals surface area contributed by atoms with E-state index in [0.29, 0.717) is 25.5 Å². The molecule has 0 aliphatic rings. The molecule has 2 N–H and O–H groups in total. The van der Waals surface area contributed by atoms with E-state index in [-0.39, 0.29) is 0 Å². The molecule has 0 spiro atoms. The van der Waals surface area contributed by atoms with Gasteiger partial charge in [0.05, 0.1) is 12.2 Å². The van der Waals surface area contributed by atoms with Crippen molar-refractivity contribution in [3.05, 3.63) is 35.4 Å². The van der Waals surface area contributed by atoms with Crippen LogP contribution in [0.15, 0.2) is 29.3 Å². The summed E-state index contributed by atoms with van der Waals surface area (Å²) in [5.74, 6) is 0.673. The largest absolute Gasteiger partial charge is 0.416 e. The molecule has 0 aliphatic carbocycles. The molecule has 1 aromatic carbocycles. The number of nitrogens with one attached hydrogen (secondary N) is 2. The van der Waals surface area contributed by atoms with Crippen molar-refractivity contribution in [3.63, 3.8) is 0 Å². The molecule has 0 saturated carbocycles. The summed E-state index contributed by atoms with van der Waals surface area (Å²) in [5, 5.41) is 6.35. The second-order valence-corrected chi connectivity index (χ2v) is 5.67. The maximum absolute atomic E-state index is 12.5. The minimum atomic E-state index is -4.29. The van der Waals surface area contributed by atoms with Gasteiger partial charge < -0.3 is 20.3 Å². The summed E-state index contributed by atoms with van der Waals surface area (Å²) >= 11 is 0. The number of halogens is 3. The lowest BCUT2D eigenvalue weighted by Crippen LogP contribution is -2.42. The smallest absolute Gasteiger partial charge is 0.383 e. The van der Waals surface area contributed by atoms with E-state index in [4.69, 9.17) is 4.74 Å². The van der Waals surface area contributed by atoms with E-state index in [1.807, 2.05) is 7.05 Å². The number of likely N-dealkylation sites (N-methyl/N-ethyl adjacent to an activating group) is 1. The maximum Gasteiger partial charge on any atom is 0.416 e. The summed E-state index contributed by atoms with van der Waals surface area (Å²) in [4.78, 5) is 6.27. The van der Waals surface area contributed by atoms with Gasteiger partial charge in [0.25, 0.3) is 0 Å². The highest BCUT2D eigenvalue weighted by Crippen LogP contribution is 2.29. The van der Waals surface area contributed by atoms with Crippen LogP contribution in [0.4, 0.5) is 13.2 Å². The van der Waals surface area contributed by atoms with Crippen LogP contribution in [0.5, 0.6) is 0 Å². The lowest BCUT2D eigenvalue weighted by molar-refractivity contribution is -0.137. The molecule has 8 heteroatoms. The van der Waals surface area contributed by atoms with Crippen molar-refractivity contribution in [1.29, 1.82) is 0 Å². The lowest BCUT2D eigenvalue weighted by Gasteiger charge is -2.17. The summed E-state index contributed by atoms with van der Waals surface area (Å²) in [5.41, 5.74) is 0.217. The summed E-state index contributed by atoms with van der Waals surface area (Å²) in [6.07, 6.45) is -3.67. The molecule has 0 heterocycles. The SMILES string of the molecule is CN=C(NCCc1ccc(C(F)(F)F)cc1)NCCN(C)CCOC. The second kappa shape index (κ2) is 10.9. The molecule has 0 saturated heterocycles. The minimum absolute atomic E-state index is 0.588. The normalized spacial score (nSPS) is 12.5. The van der Waals surface area contributed by atoms with Crippen molar-refractivity contribution >= 4 is 5.96 Å². The van der Waals surface area contributed by atoms with Crippen LogP contribution >= 0.6 is 0 Å². The van der Waals surface area contributed by atoms with Gasteiger partial charge in [0.2, 0.25) is 0 Å². The van der Waals surface area contributed by atoms with Crippen molar-refractivity contribution in [1.82, 2.24) is 15.5 Å². The number of hydrogen-bond acceptors (Lipinski definition) is 3. The fourth-order valence-electron chi connectivity index (χ4n) is 2.13. The minimum Gasteiger partial charge on any atom is -0.383 e. The Balaban J connectivity index is 2.29. The highest BCUT2D eigenvalue weighted by molar-refractivity contribution is 5.79. The number of alkyl halides is 3. The topological polar surface area (TPSA) is 48.9 Å². The van der Waals surface area contributed by atoms with Crippen molar-refractivity contribution in [3.8, 4) is 0 Å². The Bertz CT molecular complexity index is 518. The van der Waals surface area contributed by atoms with E-state index in [0.717, 1.165) is 37.3 Å². The van der Waals surface area contributed by atoms with Crippen LogP contribution in [-0.4, -0.2) is 64.9 Å². The molecule has 0 aromatic heterocycles. The molecule has 1 aromatic rings. The maximum atomic E-state index is 12.5. The summed E-state index contributed by atoms with van der Waals surface area (Å²) in [6, 6.07) is 5.23. The van der Waals surface area contributed by atoms with Gasteiger partial charge in [-0.3, -0.25) is 4.99 Å². The van der Waals surface area contributed by atoms with Gasteiger partial charge in [-0.25, -0.2) is 0 Å². The van der Waals surface area contributed by atoms with Crippen LogP contribution in [0.1, 0.15) is 11.1 Å². The highest BCUT2D eigenvalue weighted by Gasteiger charge is 2.29. The standard InChI is InChI=1S/C17H27F3N4O/c1-21-16(23-10-11-24(2)12-13-25-3)22-9-8-14-4-6-15(7-5-14)17(18,19)20/h4-7H,8-13H2,1-3H3,(H2,21,22,23). The molecule has 0 bridgehead atoms. The van der Waals surface area contributed by atoms with Gasteiger partial charge in [-0.1, -0.05) is 12.1 Å². The van der Waals surface area contributed by atoms with E-state index >= 15 is 0 Å². The first-order valence-corrected chi connectivity index (χ1v) is 8.15. The number of guanidine groups is 1. The molecule has 0 fully saturated rings. The molecule has 0 aliphatic heterocycles. The van der Waals surface area contributed by atoms with E-state index in [1.165, 1.54) is 12.1 Å². The van der Waals surface area contributed by atoms with E-state index in [2.05, 4.69) is 20.5 Å². The second-order valence-electron chi connectivity index (χ2n) is 5.67. The van der Waals surface area contributed by atoms with E-state index < -0.39 is 11.7 Å². The highest BCUT2D eigenvalue weighted by atomic mass is 19.4. The fourth-order valence-corrected chi connectivity index (χ4v) is 2.13. The monoisotopic (exact) mass is 360 g/mol. The first-order chi connectivity index (χ1) is 11.9. The van der Waals surface area contributed by atoms with Gasteiger partial charge >= 0.3 is 6.18 Å². The Morgan fingerprint density at radius 2 is 1.76 bits per heavy atom. The molecular weight excluding hydrogens is 333 g/mol. The molecule has 25 heavy (non-hydrogen) atoms. The zero-order chi connectivity index (χ0) is 18.7. The van der Waals surface area contributed by atoms with Crippen LogP contribution in [0.25, 0.3) is 0 Å². The zero-order valence-corrected chi connectivity index (χ0v) is 15.0. The van der Waals surface area contributed by atoms with E-state index in [9.17, 15) is 13.2 Å². The lowest BCUT2D eigenvalue weighted by atomic mass is 10.1. The van der Waals surface area contributed by atoms with Crippen molar-refractivity contribution in [2.24, 2.45) is 4.99 Å². The van der Waals surface area contributed by atoms with Crippen molar-refractivity contribution in [2.75, 3.05) is 54.0 Å². The van der Waals surface area contributed by atoms with Crippen molar-refractivity contribution < 1.29 is 17.9 Å². The first-order valence-electron chi connectivity index (χ1n) is 8.15. The molecule has 0 radical (unpaired) electrons. The number of methoxy groups -OCH3 is 1. The molecule has 1 rings (SSSR count). The number of nitrogens with zero attached hydrogens (tertiary/aromatic N) is 2. The third kappa shape index (κ3) is 8.74. The number of aliphatic imine (C=N–C) groups is 1. The zero-order valence-electron chi connectivity index (χ0n) is 15.0. The van der Waals surface area contributed by atoms with Crippen LogP contribution in [-0.2, 0) is 17.3 Å². The van der Waals surface area contributed by atoms with Gasteiger partial charge in [0.15, 0.2) is 5.96 Å². The third-order valence-electron chi connectivity index (χ3n) is 3.67. The Labute approximate surface area is 147 Å². The summed E-state index contributed by atoms with van der Waals surface area (Å²) in [6.45, 7) is 3.72. The Morgan fingerprint density at radius 1 is 1.12 bits per heavy atom. The molecular formula is C17H27F3N4O. The average molecular weight is 360 g/mol. The van der Waals surface area contributed by atoms with Gasteiger partial charge in [0.1, 0.15) is 0 Å². The van der Waals surface area contributed by atoms with Gasteiger partial charge in [0, 0.05) is 40.3 Å². The van der Waals surface area contributed by atoms with Gasteiger partial charge in [-0.15, -0.1) is 0 Å². The fraction of sp³-hybridized carbons (Fsp3) is 0.588.